The van der Waals surface area contributed by atoms with Gasteiger partial charge >= 0.3 is 0 Å². The fraction of sp³-hybridized carbons (Fsp3) is 0.176. The highest BCUT2D eigenvalue weighted by Gasteiger charge is 2.12. The third kappa shape index (κ3) is 3.97. The van der Waals surface area contributed by atoms with E-state index in [1.807, 2.05) is 25.1 Å². The van der Waals surface area contributed by atoms with Crippen LogP contribution in [0.4, 0.5) is 11.4 Å². The Bertz CT molecular complexity index is 968. The van der Waals surface area contributed by atoms with Crippen LogP contribution >= 0.6 is 11.8 Å². The number of nitro groups is 1. The van der Waals surface area contributed by atoms with Crippen LogP contribution in [0.5, 0.6) is 0 Å². The summed E-state index contributed by atoms with van der Waals surface area (Å²) in [6.45, 7) is 3.79. The summed E-state index contributed by atoms with van der Waals surface area (Å²) >= 11 is 1.28. The van der Waals surface area contributed by atoms with E-state index >= 15 is 0 Å². The Hall–Kier alpha value is -2.87. The molecule has 128 valence electrons. The van der Waals surface area contributed by atoms with Gasteiger partial charge in [0.15, 0.2) is 5.16 Å². The molecular weight excluding hydrogens is 340 g/mol. The summed E-state index contributed by atoms with van der Waals surface area (Å²) in [5.74, 6) is -0.0914. The Morgan fingerprint density at radius 2 is 2.08 bits per heavy atom. The van der Waals surface area contributed by atoms with Crippen LogP contribution < -0.4 is 5.32 Å². The average molecular weight is 356 g/mol. The van der Waals surface area contributed by atoms with Gasteiger partial charge in [0, 0.05) is 12.1 Å². The number of thioether (sulfide) groups is 1. The fourth-order valence-corrected chi connectivity index (χ4v) is 3.03. The lowest BCUT2D eigenvalue weighted by molar-refractivity contribution is -0.384. The molecule has 25 heavy (non-hydrogen) atoms. The third-order valence-electron chi connectivity index (χ3n) is 3.66. The molecule has 0 atom stereocenters. The first-order valence-electron chi connectivity index (χ1n) is 7.56. The zero-order valence-electron chi connectivity index (χ0n) is 13.7. The van der Waals surface area contributed by atoms with Crippen molar-refractivity contribution in [3.05, 3.63) is 57.6 Å². The fourth-order valence-electron chi connectivity index (χ4n) is 2.35. The second-order valence-electron chi connectivity index (χ2n) is 5.66. The van der Waals surface area contributed by atoms with Crippen LogP contribution in [-0.2, 0) is 4.79 Å². The van der Waals surface area contributed by atoms with E-state index in [9.17, 15) is 14.9 Å². The Morgan fingerprint density at radius 1 is 1.28 bits per heavy atom. The lowest BCUT2D eigenvalue weighted by Gasteiger charge is -2.07. The molecule has 1 aromatic heterocycles. The van der Waals surface area contributed by atoms with E-state index in [-0.39, 0.29) is 17.3 Å². The minimum absolute atomic E-state index is 0.0544. The van der Waals surface area contributed by atoms with Crippen LogP contribution in [0.1, 0.15) is 11.1 Å². The molecule has 2 aromatic carbocycles. The molecule has 0 saturated heterocycles. The molecule has 3 aromatic rings. The number of benzene rings is 2. The maximum Gasteiger partial charge on any atom is 0.271 e. The molecule has 1 amide bonds. The smallest absolute Gasteiger partial charge is 0.271 e. The number of nitrogens with zero attached hydrogens (tertiary/aromatic N) is 2. The number of nitrogens with one attached hydrogen (secondary N) is 2. The molecule has 3 rings (SSSR count). The van der Waals surface area contributed by atoms with E-state index in [0.717, 1.165) is 22.2 Å². The molecule has 0 aliphatic heterocycles. The van der Waals surface area contributed by atoms with Gasteiger partial charge in [0.25, 0.3) is 5.69 Å². The second kappa shape index (κ2) is 6.94. The van der Waals surface area contributed by atoms with Crippen LogP contribution in [-0.4, -0.2) is 26.6 Å². The zero-order chi connectivity index (χ0) is 18.0. The molecule has 0 spiro atoms. The average Bonchev–Trinajstić information content (AvgIpc) is 2.96. The van der Waals surface area contributed by atoms with Crippen LogP contribution in [0.25, 0.3) is 11.0 Å². The summed E-state index contributed by atoms with van der Waals surface area (Å²) in [7, 11) is 0. The van der Waals surface area contributed by atoms with Crippen molar-refractivity contribution in [2.75, 3.05) is 11.1 Å². The highest BCUT2D eigenvalue weighted by Crippen LogP contribution is 2.23. The summed E-state index contributed by atoms with van der Waals surface area (Å²) in [5, 5.41) is 14.2. The van der Waals surface area contributed by atoms with Crippen LogP contribution in [0.2, 0.25) is 0 Å². The zero-order valence-corrected chi connectivity index (χ0v) is 14.5. The van der Waals surface area contributed by atoms with E-state index in [1.165, 1.54) is 23.9 Å². The largest absolute Gasteiger partial charge is 0.333 e. The second-order valence-corrected chi connectivity index (χ2v) is 6.62. The van der Waals surface area contributed by atoms with Gasteiger partial charge in [-0.15, -0.1) is 0 Å². The predicted molar refractivity (Wildman–Crippen MR) is 98.0 cm³/mol. The van der Waals surface area contributed by atoms with Crippen molar-refractivity contribution in [3.8, 4) is 0 Å². The van der Waals surface area contributed by atoms with Crippen molar-refractivity contribution in [2.45, 2.75) is 19.0 Å². The number of fused-ring (bicyclic) bond motifs is 1. The minimum atomic E-state index is -0.486. The Labute approximate surface area is 148 Å². The number of carbonyl (C=O) groups excluding carboxylic acids is 1. The van der Waals surface area contributed by atoms with Crippen molar-refractivity contribution in [3.63, 3.8) is 0 Å². The Morgan fingerprint density at radius 3 is 2.84 bits per heavy atom. The van der Waals surface area contributed by atoms with E-state index < -0.39 is 4.92 Å². The topological polar surface area (TPSA) is 101 Å². The Kier molecular flexibility index (Phi) is 4.71. The quantitative estimate of drug-likeness (QED) is 0.411. The molecule has 0 unspecified atom stereocenters. The van der Waals surface area contributed by atoms with Gasteiger partial charge in [-0.05, 0) is 37.1 Å². The van der Waals surface area contributed by atoms with Gasteiger partial charge < -0.3 is 10.3 Å². The van der Waals surface area contributed by atoms with Gasteiger partial charge in [-0.3, -0.25) is 14.9 Å². The summed E-state index contributed by atoms with van der Waals surface area (Å²) in [5.41, 5.74) is 4.07. The number of H-pyrrole nitrogens is 1. The lowest BCUT2D eigenvalue weighted by atomic mass is 10.2. The monoisotopic (exact) mass is 356 g/mol. The number of non-ortho nitro benzene ring substituents is 1. The number of hydrogen-bond acceptors (Lipinski definition) is 5. The van der Waals surface area contributed by atoms with E-state index in [4.69, 9.17) is 0 Å². The molecule has 1 heterocycles. The molecule has 7 nitrogen and oxygen atoms in total. The number of hydrogen-bond donors (Lipinski definition) is 2. The van der Waals surface area contributed by atoms with Crippen molar-refractivity contribution >= 4 is 40.1 Å². The molecule has 2 N–H and O–H groups in total. The third-order valence-corrected chi connectivity index (χ3v) is 4.54. The molecule has 0 bridgehead atoms. The first-order chi connectivity index (χ1) is 11.9. The lowest BCUT2D eigenvalue weighted by Crippen LogP contribution is -2.15. The van der Waals surface area contributed by atoms with Crippen LogP contribution in [0.3, 0.4) is 0 Å². The summed E-state index contributed by atoms with van der Waals surface area (Å²) < 4.78 is 0. The van der Waals surface area contributed by atoms with Gasteiger partial charge in [-0.1, -0.05) is 23.9 Å². The molecule has 0 radical (unpaired) electrons. The van der Waals surface area contributed by atoms with Gasteiger partial charge in [0.2, 0.25) is 5.91 Å². The maximum atomic E-state index is 12.1. The number of aromatic amines is 1. The number of aryl methyl sites for hydroxylation is 2. The molecule has 0 aliphatic carbocycles. The van der Waals surface area contributed by atoms with Gasteiger partial charge in [-0.2, -0.15) is 0 Å². The standard InChI is InChI=1S/C17H16N4O3S/c1-10-3-6-13-15(7-10)20-17(19-13)25-9-16(22)18-14-8-12(21(23)24)5-4-11(14)2/h3-8H,9H2,1-2H3,(H,18,22)(H,19,20). The number of imidazole rings is 1. The number of amides is 1. The highest BCUT2D eigenvalue weighted by molar-refractivity contribution is 7.99. The first kappa shape index (κ1) is 17.0. The van der Waals surface area contributed by atoms with Crippen molar-refractivity contribution in [1.82, 2.24) is 9.97 Å². The van der Waals surface area contributed by atoms with Crippen molar-refractivity contribution < 1.29 is 9.72 Å². The predicted octanol–water partition coefficient (Wildman–Crippen LogP) is 3.82. The first-order valence-corrected chi connectivity index (χ1v) is 8.55. The van der Waals surface area contributed by atoms with Crippen molar-refractivity contribution in [1.29, 1.82) is 0 Å². The van der Waals surface area contributed by atoms with Crippen LogP contribution in [0, 0.1) is 24.0 Å². The van der Waals surface area contributed by atoms with Gasteiger partial charge in [-0.25, -0.2) is 4.98 Å². The van der Waals surface area contributed by atoms with Gasteiger partial charge in [0.05, 0.1) is 27.4 Å². The van der Waals surface area contributed by atoms with Crippen LogP contribution in [0.15, 0.2) is 41.6 Å². The van der Waals surface area contributed by atoms with Gasteiger partial charge in [0.1, 0.15) is 0 Å². The SMILES string of the molecule is Cc1ccc2nc(SCC(=O)Nc3cc([N+](=O)[O-])ccc3C)[nH]c2c1. The number of aromatic nitrogens is 2. The molecule has 8 heteroatoms. The molecule has 0 fully saturated rings. The summed E-state index contributed by atoms with van der Waals surface area (Å²) in [6.07, 6.45) is 0. The highest BCUT2D eigenvalue weighted by atomic mass is 32.2. The van der Waals surface area contributed by atoms with E-state index in [0.29, 0.717) is 10.8 Å². The molecule has 0 saturated carbocycles. The molecule has 0 aliphatic rings. The summed E-state index contributed by atoms with van der Waals surface area (Å²) in [4.78, 5) is 30.1. The summed E-state index contributed by atoms with van der Waals surface area (Å²) in [6, 6.07) is 10.3. The number of anilines is 1. The maximum absolute atomic E-state index is 12.1. The van der Waals surface area contributed by atoms with Crippen molar-refractivity contribution in [2.24, 2.45) is 0 Å². The normalized spacial score (nSPS) is 10.8. The number of carbonyl (C=O) groups is 1. The minimum Gasteiger partial charge on any atom is -0.333 e. The molecular formula is C17H16N4O3S. The van der Waals surface area contributed by atoms with E-state index in [2.05, 4.69) is 15.3 Å². The number of nitro benzene ring substituents is 1. The number of rotatable bonds is 5. The van der Waals surface area contributed by atoms with E-state index in [1.54, 1.807) is 13.0 Å². The Balaban J connectivity index is 1.66.